The summed E-state index contributed by atoms with van der Waals surface area (Å²) >= 11 is 0. The SMILES string of the molecule is C[C@H]1CN(C(=O)OC(C)(C)C)CCN1c1ccc(C#N)cn1.C[C@H]1CNCCN1c1ccc(C#N)cn1.Cl.S.S. The molecule has 2 aromatic rings. The molecule has 2 saturated heterocycles. The van der Waals surface area contributed by atoms with E-state index in [0.717, 1.165) is 31.3 Å². The van der Waals surface area contributed by atoms with Crippen molar-refractivity contribution in [1.82, 2.24) is 20.2 Å². The summed E-state index contributed by atoms with van der Waals surface area (Å²) in [5.74, 6) is 1.79. The molecule has 40 heavy (non-hydrogen) atoms. The quantitative estimate of drug-likeness (QED) is 0.542. The average molecular weight is 609 g/mol. The summed E-state index contributed by atoms with van der Waals surface area (Å²) in [6.45, 7) is 14.7. The van der Waals surface area contributed by atoms with Crippen molar-refractivity contribution in [2.24, 2.45) is 0 Å². The Morgan fingerprint density at radius 3 is 1.85 bits per heavy atom. The second-order valence-corrected chi connectivity index (χ2v) is 10.2. The number of nitrogens with zero attached hydrogens (tertiary/aromatic N) is 7. The number of nitriles is 2. The van der Waals surface area contributed by atoms with Crippen LogP contribution in [0.15, 0.2) is 36.7 Å². The van der Waals surface area contributed by atoms with Gasteiger partial charge in [-0.15, -0.1) is 12.4 Å². The molecule has 0 radical (unpaired) electrons. The number of ether oxygens (including phenoxy) is 1. The van der Waals surface area contributed by atoms with Crippen molar-refractivity contribution in [3.63, 3.8) is 0 Å². The molecular weight excluding hydrogens is 568 g/mol. The molecule has 2 aliphatic rings. The molecule has 13 heteroatoms. The number of hydrogen-bond donors (Lipinski definition) is 1. The van der Waals surface area contributed by atoms with Crippen LogP contribution in [0.4, 0.5) is 16.4 Å². The highest BCUT2D eigenvalue weighted by Gasteiger charge is 2.30. The molecule has 2 atom stereocenters. The van der Waals surface area contributed by atoms with Crippen LogP contribution in [0, 0.1) is 22.7 Å². The lowest BCUT2D eigenvalue weighted by Gasteiger charge is -2.40. The average Bonchev–Trinajstić information content (AvgIpc) is 2.88. The molecule has 0 aromatic carbocycles. The van der Waals surface area contributed by atoms with Gasteiger partial charge in [-0.2, -0.15) is 37.5 Å². The Labute approximate surface area is 258 Å². The lowest BCUT2D eigenvalue weighted by molar-refractivity contribution is 0.0218. The van der Waals surface area contributed by atoms with Gasteiger partial charge >= 0.3 is 6.09 Å². The molecule has 2 aliphatic heterocycles. The summed E-state index contributed by atoms with van der Waals surface area (Å²) in [7, 11) is 0. The maximum Gasteiger partial charge on any atom is 0.410 e. The molecule has 220 valence electrons. The summed E-state index contributed by atoms with van der Waals surface area (Å²) in [6.07, 6.45) is 2.93. The van der Waals surface area contributed by atoms with Gasteiger partial charge in [-0.05, 0) is 58.9 Å². The monoisotopic (exact) mass is 608 g/mol. The smallest absolute Gasteiger partial charge is 0.410 e. The van der Waals surface area contributed by atoms with Crippen molar-refractivity contribution in [2.75, 3.05) is 49.1 Å². The second kappa shape index (κ2) is 17.0. The van der Waals surface area contributed by atoms with Crippen LogP contribution in [-0.2, 0) is 4.74 Å². The largest absolute Gasteiger partial charge is 0.444 e. The number of rotatable bonds is 2. The Morgan fingerprint density at radius 2 is 1.45 bits per heavy atom. The lowest BCUT2D eigenvalue weighted by Crippen LogP contribution is -2.54. The van der Waals surface area contributed by atoms with Crippen molar-refractivity contribution in [1.29, 1.82) is 10.5 Å². The first-order chi connectivity index (χ1) is 17.6. The molecular formula is C27H41ClN8O2S2. The first kappa shape index (κ1) is 37.1. The van der Waals surface area contributed by atoms with E-state index in [0.29, 0.717) is 36.8 Å². The fourth-order valence-corrected chi connectivity index (χ4v) is 4.22. The summed E-state index contributed by atoms with van der Waals surface area (Å²) in [4.78, 5) is 26.9. The minimum Gasteiger partial charge on any atom is -0.444 e. The minimum atomic E-state index is -0.480. The van der Waals surface area contributed by atoms with Crippen molar-refractivity contribution in [2.45, 2.75) is 52.3 Å². The third kappa shape index (κ3) is 10.6. The van der Waals surface area contributed by atoms with Gasteiger partial charge in [-0.1, -0.05) is 0 Å². The summed E-state index contributed by atoms with van der Waals surface area (Å²) in [6, 6.07) is 12.1. The van der Waals surface area contributed by atoms with Gasteiger partial charge in [0.2, 0.25) is 0 Å². The number of anilines is 2. The van der Waals surface area contributed by atoms with Crippen LogP contribution in [0.1, 0.15) is 45.7 Å². The van der Waals surface area contributed by atoms with Gasteiger partial charge < -0.3 is 24.8 Å². The number of hydrogen-bond acceptors (Lipinski definition) is 9. The maximum absolute atomic E-state index is 12.1. The van der Waals surface area contributed by atoms with Gasteiger partial charge in [0.1, 0.15) is 29.4 Å². The zero-order valence-corrected chi connectivity index (χ0v) is 26.5. The van der Waals surface area contributed by atoms with Gasteiger partial charge in [0.05, 0.1) is 11.1 Å². The van der Waals surface area contributed by atoms with E-state index >= 15 is 0 Å². The Bertz CT molecular complexity index is 1130. The number of halogens is 1. The van der Waals surface area contributed by atoms with Crippen molar-refractivity contribution >= 4 is 57.1 Å². The Hall–Kier alpha value is -2.90. The van der Waals surface area contributed by atoms with E-state index in [1.54, 1.807) is 23.4 Å². The van der Waals surface area contributed by atoms with Gasteiger partial charge in [0.25, 0.3) is 0 Å². The topological polar surface area (TPSA) is 121 Å². The highest BCUT2D eigenvalue weighted by molar-refractivity contribution is 7.59. The molecule has 0 bridgehead atoms. The zero-order valence-electron chi connectivity index (χ0n) is 23.7. The van der Waals surface area contributed by atoms with Gasteiger partial charge in [-0.3, -0.25) is 0 Å². The highest BCUT2D eigenvalue weighted by Crippen LogP contribution is 2.20. The molecule has 0 aliphatic carbocycles. The molecule has 1 amide bonds. The van der Waals surface area contributed by atoms with Crippen molar-refractivity contribution < 1.29 is 9.53 Å². The first-order valence-electron chi connectivity index (χ1n) is 12.6. The standard InChI is InChI=1S/C16H22N4O2.C11H14N4.ClH.2H2S/c1-12-11-19(15(21)22-16(2,3)4)7-8-20(12)14-6-5-13(9-17)10-18-14;1-9-7-13-4-5-15(9)11-3-2-10(6-12)8-14-11;;;/h5-6,10,12H,7-8,11H2,1-4H3;2-3,8-9,13H,4-5,7H2,1H3;1H;2*1H2/t12-;9-;;;/m00.../s1. The van der Waals surface area contributed by atoms with E-state index < -0.39 is 5.60 Å². The van der Waals surface area contributed by atoms with Crippen molar-refractivity contribution in [3.8, 4) is 12.1 Å². The van der Waals surface area contributed by atoms with E-state index in [1.807, 2.05) is 39.0 Å². The highest BCUT2D eigenvalue weighted by atomic mass is 35.5. The van der Waals surface area contributed by atoms with Crippen LogP contribution in [0.25, 0.3) is 0 Å². The number of carbonyl (C=O) groups excluding carboxylic acids is 1. The first-order valence-corrected chi connectivity index (χ1v) is 12.6. The summed E-state index contributed by atoms with van der Waals surface area (Å²) in [5, 5.41) is 20.8. The van der Waals surface area contributed by atoms with Crippen LogP contribution in [0.5, 0.6) is 0 Å². The number of piperazine rings is 2. The Morgan fingerprint density at radius 1 is 0.925 bits per heavy atom. The molecule has 0 unspecified atom stereocenters. The zero-order chi connectivity index (χ0) is 27.0. The van der Waals surface area contributed by atoms with E-state index in [2.05, 4.69) is 51.1 Å². The molecule has 4 rings (SSSR count). The molecule has 2 aromatic heterocycles. The fourth-order valence-electron chi connectivity index (χ4n) is 4.22. The molecule has 2 fully saturated rings. The van der Waals surface area contributed by atoms with Crippen LogP contribution < -0.4 is 15.1 Å². The van der Waals surface area contributed by atoms with Crippen LogP contribution in [0.3, 0.4) is 0 Å². The maximum atomic E-state index is 12.1. The number of nitrogens with one attached hydrogen (secondary N) is 1. The summed E-state index contributed by atoms with van der Waals surface area (Å²) in [5.41, 5.74) is 0.678. The number of pyridine rings is 2. The molecule has 0 saturated carbocycles. The van der Waals surface area contributed by atoms with Crippen molar-refractivity contribution in [3.05, 3.63) is 47.8 Å². The van der Waals surface area contributed by atoms with Crippen LogP contribution >= 0.6 is 39.4 Å². The summed E-state index contributed by atoms with van der Waals surface area (Å²) < 4.78 is 5.41. The van der Waals surface area contributed by atoms with Crippen LogP contribution in [-0.4, -0.2) is 77.9 Å². The van der Waals surface area contributed by atoms with E-state index in [4.69, 9.17) is 15.3 Å². The van der Waals surface area contributed by atoms with E-state index in [-0.39, 0.29) is 51.5 Å². The van der Waals surface area contributed by atoms with Gasteiger partial charge in [0.15, 0.2) is 0 Å². The third-order valence-electron chi connectivity index (χ3n) is 6.12. The minimum absolute atomic E-state index is 0. The van der Waals surface area contributed by atoms with E-state index in [9.17, 15) is 4.79 Å². The predicted octanol–water partition coefficient (Wildman–Crippen LogP) is 3.80. The van der Waals surface area contributed by atoms with Crippen LogP contribution in [0.2, 0.25) is 0 Å². The molecule has 0 spiro atoms. The number of aromatic nitrogens is 2. The number of amides is 1. The Kier molecular flexibility index (Phi) is 15.8. The van der Waals surface area contributed by atoms with Gasteiger partial charge in [0, 0.05) is 63.7 Å². The molecule has 4 heterocycles. The lowest BCUT2D eigenvalue weighted by atomic mass is 10.2. The third-order valence-corrected chi connectivity index (χ3v) is 6.12. The Balaban J connectivity index is 0.000000748. The van der Waals surface area contributed by atoms with Gasteiger partial charge in [-0.25, -0.2) is 14.8 Å². The fraction of sp³-hybridized carbons (Fsp3) is 0.519. The van der Waals surface area contributed by atoms with E-state index in [1.165, 1.54) is 0 Å². The molecule has 1 N–H and O–H groups in total. The molecule has 10 nitrogen and oxygen atoms in total. The normalized spacial score (nSPS) is 18.2. The predicted molar refractivity (Wildman–Crippen MR) is 170 cm³/mol. The number of carbonyl (C=O) groups is 1. The second-order valence-electron chi connectivity index (χ2n) is 10.2.